The number of ether oxygens (including phenoxy) is 1. The van der Waals surface area contributed by atoms with Crippen LogP contribution in [0.25, 0.3) is 0 Å². The molecule has 0 aliphatic heterocycles. The van der Waals surface area contributed by atoms with Gasteiger partial charge in [0.05, 0.1) is 0 Å². The molecule has 0 N–H and O–H groups in total. The zero-order valence-corrected chi connectivity index (χ0v) is 10.7. The zero-order chi connectivity index (χ0) is 12.4. The van der Waals surface area contributed by atoms with Crippen LogP contribution in [0.1, 0.15) is 36.3 Å². The van der Waals surface area contributed by atoms with Gasteiger partial charge in [-0.05, 0) is 55.5 Å². The molecule has 1 aliphatic carbocycles. The molecule has 1 saturated carbocycles. The van der Waals surface area contributed by atoms with Crippen LogP contribution in [-0.2, 0) is 0 Å². The van der Waals surface area contributed by atoms with Crippen LogP contribution in [0.4, 0.5) is 0 Å². The fourth-order valence-electron chi connectivity index (χ4n) is 2.32. The predicted octanol–water partition coefficient (Wildman–Crippen LogP) is 5.05. The normalized spacial score (nSPS) is 15.2. The summed E-state index contributed by atoms with van der Waals surface area (Å²) in [6, 6.07) is 16.7. The van der Waals surface area contributed by atoms with Gasteiger partial charge in [-0.25, -0.2) is 0 Å². The van der Waals surface area contributed by atoms with Crippen LogP contribution in [0.15, 0.2) is 48.5 Å². The van der Waals surface area contributed by atoms with Gasteiger partial charge in [0, 0.05) is 0 Å². The van der Waals surface area contributed by atoms with Crippen molar-refractivity contribution in [2.24, 2.45) is 0 Å². The second-order valence-electron chi connectivity index (χ2n) is 5.12. The van der Waals surface area contributed by atoms with Gasteiger partial charge in [0.1, 0.15) is 11.5 Å². The minimum Gasteiger partial charge on any atom is -0.457 e. The van der Waals surface area contributed by atoms with Crippen LogP contribution >= 0.6 is 0 Å². The van der Waals surface area contributed by atoms with E-state index in [0.29, 0.717) is 0 Å². The molecule has 0 amide bonds. The van der Waals surface area contributed by atoms with E-state index in [4.69, 9.17) is 4.74 Å². The Morgan fingerprint density at radius 3 is 2.39 bits per heavy atom. The first-order chi connectivity index (χ1) is 8.81. The molecule has 18 heavy (non-hydrogen) atoms. The number of hydrogen-bond acceptors (Lipinski definition) is 1. The first-order valence-electron chi connectivity index (χ1n) is 6.66. The van der Waals surface area contributed by atoms with Crippen molar-refractivity contribution in [3.05, 3.63) is 59.7 Å². The lowest BCUT2D eigenvalue weighted by Gasteiger charge is -2.26. The summed E-state index contributed by atoms with van der Waals surface area (Å²) in [6.45, 7) is 2.08. The molecule has 1 aliphatic rings. The standard InChI is InChI=1S/C17H18O/c1-13-8-10-16(11-9-13)18-17-7-3-6-15(12-17)14-4-2-5-14/h3,6-12,14H,2,4-5H2,1H3. The third-order valence-corrected chi connectivity index (χ3v) is 3.69. The van der Waals surface area contributed by atoms with E-state index >= 15 is 0 Å². The van der Waals surface area contributed by atoms with Crippen molar-refractivity contribution in [3.8, 4) is 11.5 Å². The highest BCUT2D eigenvalue weighted by Gasteiger charge is 2.19. The highest BCUT2D eigenvalue weighted by atomic mass is 16.5. The second kappa shape index (κ2) is 4.85. The number of aryl methyl sites for hydroxylation is 1. The van der Waals surface area contributed by atoms with Crippen LogP contribution in [0.2, 0.25) is 0 Å². The number of benzene rings is 2. The van der Waals surface area contributed by atoms with Crippen molar-refractivity contribution in [1.29, 1.82) is 0 Å². The summed E-state index contributed by atoms with van der Waals surface area (Å²) in [5.41, 5.74) is 2.68. The van der Waals surface area contributed by atoms with Crippen LogP contribution < -0.4 is 4.74 Å². The van der Waals surface area contributed by atoms with Crippen molar-refractivity contribution in [2.75, 3.05) is 0 Å². The fraction of sp³-hybridized carbons (Fsp3) is 0.294. The first kappa shape index (κ1) is 11.3. The molecule has 0 heterocycles. The summed E-state index contributed by atoms with van der Waals surface area (Å²) in [5.74, 6) is 2.61. The second-order valence-corrected chi connectivity index (χ2v) is 5.12. The largest absolute Gasteiger partial charge is 0.457 e. The molecule has 1 nitrogen and oxygen atoms in total. The summed E-state index contributed by atoms with van der Waals surface area (Å²) in [6.07, 6.45) is 4.02. The van der Waals surface area contributed by atoms with Gasteiger partial charge in [0.25, 0.3) is 0 Å². The molecule has 2 aromatic carbocycles. The molecule has 2 aromatic rings. The average molecular weight is 238 g/mol. The molecule has 1 heteroatoms. The van der Waals surface area contributed by atoms with E-state index in [1.54, 1.807) is 0 Å². The quantitative estimate of drug-likeness (QED) is 0.726. The van der Waals surface area contributed by atoms with Crippen LogP contribution in [0, 0.1) is 6.92 Å². The van der Waals surface area contributed by atoms with Crippen molar-refractivity contribution in [1.82, 2.24) is 0 Å². The van der Waals surface area contributed by atoms with Gasteiger partial charge in [-0.3, -0.25) is 0 Å². The Labute approximate surface area is 108 Å². The minimum absolute atomic E-state index is 0.756. The Balaban J connectivity index is 1.77. The van der Waals surface area contributed by atoms with E-state index in [9.17, 15) is 0 Å². The Kier molecular flexibility index (Phi) is 3.06. The Morgan fingerprint density at radius 1 is 0.944 bits per heavy atom. The van der Waals surface area contributed by atoms with E-state index in [2.05, 4.69) is 37.3 Å². The van der Waals surface area contributed by atoms with Crippen molar-refractivity contribution < 1.29 is 4.74 Å². The maximum absolute atomic E-state index is 5.89. The molecule has 0 saturated heterocycles. The molecule has 92 valence electrons. The molecule has 0 unspecified atom stereocenters. The predicted molar refractivity (Wildman–Crippen MR) is 74.3 cm³/mol. The topological polar surface area (TPSA) is 9.23 Å². The smallest absolute Gasteiger partial charge is 0.127 e. The zero-order valence-electron chi connectivity index (χ0n) is 10.7. The van der Waals surface area contributed by atoms with Crippen molar-refractivity contribution >= 4 is 0 Å². The minimum atomic E-state index is 0.756. The average Bonchev–Trinajstić information content (AvgIpc) is 2.31. The van der Waals surface area contributed by atoms with Crippen molar-refractivity contribution in [3.63, 3.8) is 0 Å². The Bertz CT molecular complexity index is 524. The Hall–Kier alpha value is -1.76. The van der Waals surface area contributed by atoms with E-state index in [-0.39, 0.29) is 0 Å². The number of hydrogen-bond donors (Lipinski definition) is 0. The highest BCUT2D eigenvalue weighted by molar-refractivity contribution is 5.36. The monoisotopic (exact) mass is 238 g/mol. The number of rotatable bonds is 3. The third-order valence-electron chi connectivity index (χ3n) is 3.69. The summed E-state index contributed by atoms with van der Waals surface area (Å²) < 4.78 is 5.89. The van der Waals surface area contributed by atoms with E-state index in [1.165, 1.54) is 30.4 Å². The molecule has 1 fully saturated rings. The first-order valence-corrected chi connectivity index (χ1v) is 6.66. The molecule has 0 atom stereocenters. The highest BCUT2D eigenvalue weighted by Crippen LogP contribution is 2.37. The summed E-state index contributed by atoms with van der Waals surface area (Å²) in [4.78, 5) is 0. The molecule has 3 rings (SSSR count). The van der Waals surface area contributed by atoms with Gasteiger partial charge < -0.3 is 4.74 Å². The summed E-state index contributed by atoms with van der Waals surface area (Å²) in [5, 5.41) is 0. The third kappa shape index (κ3) is 2.40. The molecular formula is C17H18O. The van der Waals surface area contributed by atoms with Gasteiger partial charge >= 0.3 is 0 Å². The lowest BCUT2D eigenvalue weighted by Crippen LogP contribution is -2.08. The SMILES string of the molecule is Cc1ccc(Oc2cccc(C3CCC3)c2)cc1. The Morgan fingerprint density at radius 2 is 1.72 bits per heavy atom. The van der Waals surface area contributed by atoms with E-state index < -0.39 is 0 Å². The van der Waals surface area contributed by atoms with Crippen LogP contribution in [0.3, 0.4) is 0 Å². The lowest BCUT2D eigenvalue weighted by atomic mass is 9.80. The van der Waals surface area contributed by atoms with Crippen LogP contribution in [0.5, 0.6) is 11.5 Å². The molecule has 0 spiro atoms. The van der Waals surface area contributed by atoms with Gasteiger partial charge in [-0.1, -0.05) is 36.2 Å². The van der Waals surface area contributed by atoms with Gasteiger partial charge in [0.2, 0.25) is 0 Å². The molecular weight excluding hydrogens is 220 g/mol. The summed E-state index contributed by atoms with van der Waals surface area (Å²) >= 11 is 0. The maximum Gasteiger partial charge on any atom is 0.127 e. The van der Waals surface area contributed by atoms with Crippen LogP contribution in [-0.4, -0.2) is 0 Å². The molecule has 0 radical (unpaired) electrons. The fourth-order valence-corrected chi connectivity index (χ4v) is 2.32. The van der Waals surface area contributed by atoms with E-state index in [1.807, 2.05) is 18.2 Å². The van der Waals surface area contributed by atoms with Crippen molar-refractivity contribution in [2.45, 2.75) is 32.1 Å². The molecule has 0 bridgehead atoms. The van der Waals surface area contributed by atoms with Gasteiger partial charge in [0.15, 0.2) is 0 Å². The van der Waals surface area contributed by atoms with E-state index in [0.717, 1.165) is 17.4 Å². The van der Waals surface area contributed by atoms with Gasteiger partial charge in [-0.15, -0.1) is 0 Å². The maximum atomic E-state index is 5.89. The summed E-state index contributed by atoms with van der Waals surface area (Å²) in [7, 11) is 0. The van der Waals surface area contributed by atoms with Gasteiger partial charge in [-0.2, -0.15) is 0 Å². The molecule has 0 aromatic heterocycles. The lowest BCUT2D eigenvalue weighted by molar-refractivity contribution is 0.416.